The summed E-state index contributed by atoms with van der Waals surface area (Å²) < 4.78 is 43.5. The molecule has 0 aliphatic carbocycles. The number of hydrogen-bond acceptors (Lipinski definition) is 5. The van der Waals surface area contributed by atoms with E-state index in [1.807, 2.05) is 24.8 Å². The van der Waals surface area contributed by atoms with Crippen LogP contribution in [0, 0.1) is 0 Å². The first-order chi connectivity index (χ1) is 17.5. The van der Waals surface area contributed by atoms with E-state index in [0.717, 1.165) is 28.1 Å². The van der Waals surface area contributed by atoms with E-state index in [4.69, 9.17) is 17.3 Å². The maximum atomic E-state index is 13.9. The standard InChI is InChI=1S/C26H22ClF3N6O/c1-34(2)11-12-35-20-9-3-15(13-16(20)14-32-35)22-23(31)19-8-10-21(26(28,29)30)33-24(19)36(25(22)37)18-6-4-17(27)5-7-18/h3-10,13-14H,11-12,31H2,1-2H3. The number of benzene rings is 2. The lowest BCUT2D eigenvalue weighted by molar-refractivity contribution is -0.141. The summed E-state index contributed by atoms with van der Waals surface area (Å²) in [7, 11) is 3.95. The number of nitrogen functional groups attached to an aromatic ring is 1. The highest BCUT2D eigenvalue weighted by Gasteiger charge is 2.33. The molecule has 0 aliphatic heterocycles. The molecule has 5 aromatic rings. The van der Waals surface area contributed by atoms with Crippen LogP contribution in [0.3, 0.4) is 0 Å². The Balaban J connectivity index is 1.76. The van der Waals surface area contributed by atoms with Crippen LogP contribution in [-0.2, 0) is 12.7 Å². The number of anilines is 1. The number of aromatic nitrogens is 4. The Morgan fingerprint density at radius 1 is 1.05 bits per heavy atom. The van der Waals surface area contributed by atoms with Crippen LogP contribution in [-0.4, -0.2) is 44.9 Å². The average molecular weight is 527 g/mol. The number of nitrogens with zero attached hydrogens (tertiary/aromatic N) is 5. The first kappa shape index (κ1) is 24.8. The van der Waals surface area contributed by atoms with Crippen molar-refractivity contribution < 1.29 is 13.2 Å². The molecule has 0 atom stereocenters. The molecule has 5 rings (SSSR count). The van der Waals surface area contributed by atoms with Crippen LogP contribution in [0.4, 0.5) is 18.9 Å². The Bertz CT molecular complexity index is 1690. The van der Waals surface area contributed by atoms with Gasteiger partial charge in [0, 0.05) is 22.3 Å². The lowest BCUT2D eigenvalue weighted by atomic mass is 10.0. The lowest BCUT2D eigenvalue weighted by Gasteiger charge is -2.17. The molecule has 0 fully saturated rings. The van der Waals surface area contributed by atoms with Gasteiger partial charge in [0.1, 0.15) is 11.3 Å². The van der Waals surface area contributed by atoms with E-state index in [-0.39, 0.29) is 22.3 Å². The van der Waals surface area contributed by atoms with Crippen molar-refractivity contribution in [3.8, 4) is 16.8 Å². The van der Waals surface area contributed by atoms with Gasteiger partial charge in [-0.25, -0.2) is 4.98 Å². The molecule has 0 bridgehead atoms. The van der Waals surface area contributed by atoms with Gasteiger partial charge in [-0.3, -0.25) is 14.0 Å². The van der Waals surface area contributed by atoms with Crippen molar-refractivity contribution in [2.45, 2.75) is 12.7 Å². The van der Waals surface area contributed by atoms with Crippen molar-refractivity contribution in [2.75, 3.05) is 26.4 Å². The summed E-state index contributed by atoms with van der Waals surface area (Å²) >= 11 is 6.01. The number of fused-ring (bicyclic) bond motifs is 2. The lowest BCUT2D eigenvalue weighted by Crippen LogP contribution is -2.24. The van der Waals surface area contributed by atoms with Gasteiger partial charge in [-0.1, -0.05) is 17.7 Å². The summed E-state index contributed by atoms with van der Waals surface area (Å²) in [6.07, 6.45) is -2.99. The number of halogens is 4. The molecular formula is C26H22ClF3N6O. The number of hydrogen-bond donors (Lipinski definition) is 1. The zero-order valence-corrected chi connectivity index (χ0v) is 20.7. The van der Waals surface area contributed by atoms with E-state index in [2.05, 4.69) is 15.0 Å². The fraction of sp³-hybridized carbons (Fsp3) is 0.192. The second-order valence-electron chi connectivity index (χ2n) is 8.92. The second-order valence-corrected chi connectivity index (χ2v) is 9.35. The molecule has 2 aromatic carbocycles. The smallest absolute Gasteiger partial charge is 0.397 e. The molecule has 0 saturated carbocycles. The molecule has 0 unspecified atom stereocenters. The first-order valence-corrected chi connectivity index (χ1v) is 11.7. The maximum Gasteiger partial charge on any atom is 0.433 e. The molecule has 3 heterocycles. The van der Waals surface area contributed by atoms with E-state index in [0.29, 0.717) is 22.8 Å². The third kappa shape index (κ3) is 4.54. The predicted octanol–water partition coefficient (Wildman–Crippen LogP) is 5.22. The quantitative estimate of drug-likeness (QED) is 0.339. The van der Waals surface area contributed by atoms with Crippen LogP contribution >= 0.6 is 11.6 Å². The molecular weight excluding hydrogens is 505 g/mol. The minimum atomic E-state index is -4.69. The Morgan fingerprint density at radius 2 is 1.78 bits per heavy atom. The molecule has 0 radical (unpaired) electrons. The highest BCUT2D eigenvalue weighted by molar-refractivity contribution is 6.30. The average Bonchev–Trinajstić information content (AvgIpc) is 3.25. The number of rotatable bonds is 5. The Hall–Kier alpha value is -3.89. The number of likely N-dealkylation sites (N-methyl/N-ethyl adjacent to an activating group) is 1. The third-order valence-corrected chi connectivity index (χ3v) is 6.38. The van der Waals surface area contributed by atoms with Gasteiger partial charge in [-0.15, -0.1) is 0 Å². The van der Waals surface area contributed by atoms with Crippen molar-refractivity contribution in [2.24, 2.45) is 0 Å². The molecule has 190 valence electrons. The second kappa shape index (κ2) is 9.20. The fourth-order valence-corrected chi connectivity index (χ4v) is 4.39. The van der Waals surface area contributed by atoms with Gasteiger partial charge in [0.2, 0.25) is 0 Å². The van der Waals surface area contributed by atoms with E-state index < -0.39 is 17.4 Å². The van der Waals surface area contributed by atoms with E-state index in [9.17, 15) is 18.0 Å². The van der Waals surface area contributed by atoms with Gasteiger partial charge in [-0.2, -0.15) is 18.3 Å². The summed E-state index contributed by atoms with van der Waals surface area (Å²) in [5.74, 6) is 0. The summed E-state index contributed by atoms with van der Waals surface area (Å²) in [4.78, 5) is 19.7. The molecule has 37 heavy (non-hydrogen) atoms. The van der Waals surface area contributed by atoms with Gasteiger partial charge in [0.25, 0.3) is 5.56 Å². The third-order valence-electron chi connectivity index (χ3n) is 6.13. The van der Waals surface area contributed by atoms with Gasteiger partial charge in [0.15, 0.2) is 0 Å². The van der Waals surface area contributed by atoms with Crippen LogP contribution in [0.15, 0.2) is 65.6 Å². The van der Waals surface area contributed by atoms with Gasteiger partial charge in [-0.05, 0) is 68.2 Å². The SMILES string of the molecule is CN(C)CCn1ncc2cc(-c3c(N)c4ccc(C(F)(F)F)nc4n(-c4ccc(Cl)cc4)c3=O)ccc21. The van der Waals surface area contributed by atoms with Crippen molar-refractivity contribution in [1.82, 2.24) is 24.2 Å². The van der Waals surface area contributed by atoms with Gasteiger partial charge in [0.05, 0.1) is 35.2 Å². The van der Waals surface area contributed by atoms with E-state index >= 15 is 0 Å². The number of pyridine rings is 2. The van der Waals surface area contributed by atoms with Crippen LogP contribution in [0.1, 0.15) is 5.69 Å². The summed E-state index contributed by atoms with van der Waals surface area (Å²) in [5.41, 5.74) is 6.44. The molecule has 2 N–H and O–H groups in total. The largest absolute Gasteiger partial charge is 0.433 e. The molecule has 0 amide bonds. The zero-order chi connectivity index (χ0) is 26.5. The predicted molar refractivity (Wildman–Crippen MR) is 139 cm³/mol. The van der Waals surface area contributed by atoms with Crippen molar-refractivity contribution in [3.63, 3.8) is 0 Å². The van der Waals surface area contributed by atoms with Crippen LogP contribution in [0.25, 0.3) is 38.8 Å². The van der Waals surface area contributed by atoms with Gasteiger partial charge >= 0.3 is 6.18 Å². The van der Waals surface area contributed by atoms with Gasteiger partial charge < -0.3 is 10.6 Å². The molecule has 0 aliphatic rings. The van der Waals surface area contributed by atoms with E-state index in [1.165, 1.54) is 6.07 Å². The first-order valence-electron chi connectivity index (χ1n) is 11.3. The molecule has 0 saturated heterocycles. The number of nitrogens with two attached hydrogens (primary N) is 1. The highest BCUT2D eigenvalue weighted by Crippen LogP contribution is 2.35. The normalized spacial score (nSPS) is 12.2. The van der Waals surface area contributed by atoms with Crippen LogP contribution in [0.5, 0.6) is 0 Å². The Labute approximate surface area is 214 Å². The van der Waals surface area contributed by atoms with Crippen molar-refractivity contribution in [1.29, 1.82) is 0 Å². The summed E-state index contributed by atoms with van der Waals surface area (Å²) in [5, 5.41) is 5.89. The van der Waals surface area contributed by atoms with Crippen molar-refractivity contribution in [3.05, 3.63) is 81.9 Å². The monoisotopic (exact) mass is 526 g/mol. The number of alkyl halides is 3. The zero-order valence-electron chi connectivity index (χ0n) is 19.9. The molecule has 0 spiro atoms. The summed E-state index contributed by atoms with van der Waals surface area (Å²) in [6.45, 7) is 1.49. The maximum absolute atomic E-state index is 13.9. The minimum Gasteiger partial charge on any atom is -0.397 e. The molecule has 3 aromatic heterocycles. The summed E-state index contributed by atoms with van der Waals surface area (Å²) in [6, 6.07) is 13.7. The Morgan fingerprint density at radius 3 is 2.46 bits per heavy atom. The molecule has 7 nitrogen and oxygen atoms in total. The Kier molecular flexibility index (Phi) is 6.17. The topological polar surface area (TPSA) is 82.0 Å². The molecule has 11 heteroatoms. The highest BCUT2D eigenvalue weighted by atomic mass is 35.5. The van der Waals surface area contributed by atoms with E-state index in [1.54, 1.807) is 42.6 Å². The van der Waals surface area contributed by atoms with Crippen molar-refractivity contribution >= 4 is 39.2 Å². The van der Waals surface area contributed by atoms with Crippen LogP contribution in [0.2, 0.25) is 5.02 Å². The van der Waals surface area contributed by atoms with Crippen LogP contribution < -0.4 is 11.3 Å². The minimum absolute atomic E-state index is 0.0470. The fourth-order valence-electron chi connectivity index (χ4n) is 4.27.